The number of hydrogen-bond acceptors (Lipinski definition) is 1. The van der Waals surface area contributed by atoms with Gasteiger partial charge in [-0.3, -0.25) is 0 Å². The van der Waals surface area contributed by atoms with E-state index in [2.05, 4.69) is 6.92 Å². The molecule has 1 saturated heterocycles. The van der Waals surface area contributed by atoms with E-state index in [0.29, 0.717) is 5.92 Å². The average molecular weight is 157 g/mol. The SMILES string of the molecule is CC1CCCN(C(=O)O)CC1. The first-order valence-electron chi connectivity index (χ1n) is 4.18. The number of hydrogen-bond donors (Lipinski definition) is 1. The first-order valence-corrected chi connectivity index (χ1v) is 4.18. The standard InChI is InChI=1S/C8H15NO2/c1-7-3-2-5-9(6-4-7)8(10)11/h7H,2-6H2,1H3,(H,10,11). The fraction of sp³-hybridized carbons (Fsp3) is 0.875. The highest BCUT2D eigenvalue weighted by Gasteiger charge is 2.16. The van der Waals surface area contributed by atoms with Crippen LogP contribution in [0.3, 0.4) is 0 Å². The molecule has 1 rings (SSSR count). The van der Waals surface area contributed by atoms with Crippen molar-refractivity contribution in [3.05, 3.63) is 0 Å². The predicted octanol–water partition coefficient (Wildman–Crippen LogP) is 1.79. The molecule has 0 aromatic carbocycles. The highest BCUT2D eigenvalue weighted by atomic mass is 16.4. The van der Waals surface area contributed by atoms with Crippen molar-refractivity contribution in [3.8, 4) is 0 Å². The molecular weight excluding hydrogens is 142 g/mol. The highest BCUT2D eigenvalue weighted by Crippen LogP contribution is 2.15. The summed E-state index contributed by atoms with van der Waals surface area (Å²) >= 11 is 0. The lowest BCUT2D eigenvalue weighted by Gasteiger charge is -2.15. The number of likely N-dealkylation sites (tertiary alicyclic amines) is 1. The second-order valence-corrected chi connectivity index (χ2v) is 3.31. The van der Waals surface area contributed by atoms with Crippen LogP contribution >= 0.6 is 0 Å². The van der Waals surface area contributed by atoms with Gasteiger partial charge in [-0.15, -0.1) is 0 Å². The molecule has 3 heteroatoms. The molecule has 1 aliphatic rings. The zero-order valence-corrected chi connectivity index (χ0v) is 6.92. The molecule has 3 nitrogen and oxygen atoms in total. The quantitative estimate of drug-likeness (QED) is 0.582. The summed E-state index contributed by atoms with van der Waals surface area (Å²) in [4.78, 5) is 12.1. The van der Waals surface area contributed by atoms with Gasteiger partial charge in [0.05, 0.1) is 0 Å². The Balaban J connectivity index is 2.40. The number of nitrogens with zero attached hydrogens (tertiary/aromatic N) is 1. The van der Waals surface area contributed by atoms with Gasteiger partial charge < -0.3 is 10.0 Å². The van der Waals surface area contributed by atoms with Crippen LogP contribution in [0.15, 0.2) is 0 Å². The largest absolute Gasteiger partial charge is 0.465 e. The molecule has 1 fully saturated rings. The molecule has 1 atom stereocenters. The lowest BCUT2D eigenvalue weighted by Crippen LogP contribution is -2.30. The van der Waals surface area contributed by atoms with Crippen molar-refractivity contribution < 1.29 is 9.90 Å². The van der Waals surface area contributed by atoms with E-state index in [1.807, 2.05) is 0 Å². The molecule has 64 valence electrons. The van der Waals surface area contributed by atoms with Gasteiger partial charge in [0, 0.05) is 13.1 Å². The minimum Gasteiger partial charge on any atom is -0.465 e. The number of carboxylic acid groups (broad SMARTS) is 1. The summed E-state index contributed by atoms with van der Waals surface area (Å²) in [5, 5.41) is 8.68. The molecule has 0 aliphatic carbocycles. The molecule has 0 bridgehead atoms. The van der Waals surface area contributed by atoms with Crippen LogP contribution in [0.1, 0.15) is 26.2 Å². The Hall–Kier alpha value is -0.730. The molecule has 0 aromatic rings. The lowest BCUT2D eigenvalue weighted by molar-refractivity contribution is 0.146. The van der Waals surface area contributed by atoms with E-state index in [9.17, 15) is 4.79 Å². The van der Waals surface area contributed by atoms with E-state index in [-0.39, 0.29) is 0 Å². The van der Waals surface area contributed by atoms with Gasteiger partial charge in [-0.2, -0.15) is 0 Å². The third-order valence-corrected chi connectivity index (χ3v) is 2.29. The van der Waals surface area contributed by atoms with Crippen LogP contribution in [0, 0.1) is 5.92 Å². The van der Waals surface area contributed by atoms with Gasteiger partial charge in [0.15, 0.2) is 0 Å². The fourth-order valence-electron chi connectivity index (χ4n) is 1.45. The van der Waals surface area contributed by atoms with E-state index >= 15 is 0 Å². The second-order valence-electron chi connectivity index (χ2n) is 3.31. The Labute approximate surface area is 67.0 Å². The first-order chi connectivity index (χ1) is 5.20. The molecule has 0 radical (unpaired) electrons. The molecular formula is C8H15NO2. The Morgan fingerprint density at radius 1 is 1.45 bits per heavy atom. The van der Waals surface area contributed by atoms with Crippen LogP contribution in [-0.2, 0) is 0 Å². The molecule has 1 N–H and O–H groups in total. The molecule has 1 unspecified atom stereocenters. The molecule has 1 heterocycles. The summed E-state index contributed by atoms with van der Waals surface area (Å²) in [7, 11) is 0. The van der Waals surface area contributed by atoms with Gasteiger partial charge in [0.1, 0.15) is 0 Å². The van der Waals surface area contributed by atoms with Crippen molar-refractivity contribution in [1.82, 2.24) is 4.90 Å². The molecule has 0 aromatic heterocycles. The molecule has 0 saturated carbocycles. The van der Waals surface area contributed by atoms with Gasteiger partial charge in [-0.05, 0) is 25.2 Å². The third kappa shape index (κ3) is 2.41. The van der Waals surface area contributed by atoms with Crippen LogP contribution in [-0.4, -0.2) is 29.2 Å². The van der Waals surface area contributed by atoms with E-state index in [0.717, 1.165) is 25.9 Å². The van der Waals surface area contributed by atoms with Gasteiger partial charge >= 0.3 is 6.09 Å². The number of rotatable bonds is 0. The Bertz CT molecular complexity index is 147. The first kappa shape index (κ1) is 8.37. The zero-order valence-electron chi connectivity index (χ0n) is 6.92. The van der Waals surface area contributed by atoms with Crippen molar-refractivity contribution in [2.75, 3.05) is 13.1 Å². The lowest BCUT2D eigenvalue weighted by atomic mass is 10.0. The van der Waals surface area contributed by atoms with Gasteiger partial charge in [0.2, 0.25) is 0 Å². The number of amides is 1. The molecule has 1 aliphatic heterocycles. The third-order valence-electron chi connectivity index (χ3n) is 2.29. The maximum absolute atomic E-state index is 10.5. The summed E-state index contributed by atoms with van der Waals surface area (Å²) in [5.41, 5.74) is 0. The minimum atomic E-state index is -0.765. The number of carbonyl (C=O) groups is 1. The van der Waals surface area contributed by atoms with E-state index in [1.165, 1.54) is 11.3 Å². The highest BCUT2D eigenvalue weighted by molar-refractivity contribution is 5.64. The maximum Gasteiger partial charge on any atom is 0.407 e. The van der Waals surface area contributed by atoms with Crippen molar-refractivity contribution in [1.29, 1.82) is 0 Å². The van der Waals surface area contributed by atoms with Crippen LogP contribution in [0.25, 0.3) is 0 Å². The van der Waals surface area contributed by atoms with Crippen LogP contribution in [0.4, 0.5) is 4.79 Å². The Morgan fingerprint density at radius 2 is 2.18 bits per heavy atom. The van der Waals surface area contributed by atoms with Crippen molar-refractivity contribution in [2.45, 2.75) is 26.2 Å². The summed E-state index contributed by atoms with van der Waals surface area (Å²) < 4.78 is 0. The van der Waals surface area contributed by atoms with Crippen molar-refractivity contribution in [2.24, 2.45) is 5.92 Å². The van der Waals surface area contributed by atoms with Gasteiger partial charge in [-0.1, -0.05) is 6.92 Å². The van der Waals surface area contributed by atoms with E-state index < -0.39 is 6.09 Å². The maximum atomic E-state index is 10.5. The summed E-state index contributed by atoms with van der Waals surface area (Å²) in [5.74, 6) is 0.694. The van der Waals surface area contributed by atoms with Crippen molar-refractivity contribution in [3.63, 3.8) is 0 Å². The molecule has 1 amide bonds. The fourth-order valence-corrected chi connectivity index (χ4v) is 1.45. The van der Waals surface area contributed by atoms with Gasteiger partial charge in [-0.25, -0.2) is 4.79 Å². The van der Waals surface area contributed by atoms with Crippen LogP contribution < -0.4 is 0 Å². The average Bonchev–Trinajstić information content (AvgIpc) is 2.13. The normalized spacial score (nSPS) is 26.3. The summed E-state index contributed by atoms with van der Waals surface area (Å²) in [6.45, 7) is 3.63. The zero-order chi connectivity index (χ0) is 8.27. The summed E-state index contributed by atoms with van der Waals surface area (Å²) in [6.07, 6.45) is 2.45. The minimum absolute atomic E-state index is 0.694. The van der Waals surface area contributed by atoms with E-state index in [1.54, 1.807) is 0 Å². The monoisotopic (exact) mass is 157 g/mol. The summed E-state index contributed by atoms with van der Waals surface area (Å²) in [6, 6.07) is 0. The van der Waals surface area contributed by atoms with Gasteiger partial charge in [0.25, 0.3) is 0 Å². The van der Waals surface area contributed by atoms with Crippen molar-refractivity contribution >= 4 is 6.09 Å². The second kappa shape index (κ2) is 3.60. The van der Waals surface area contributed by atoms with Crippen LogP contribution in [0.2, 0.25) is 0 Å². The van der Waals surface area contributed by atoms with E-state index in [4.69, 9.17) is 5.11 Å². The predicted molar refractivity (Wildman–Crippen MR) is 42.6 cm³/mol. The van der Waals surface area contributed by atoms with Crippen LogP contribution in [0.5, 0.6) is 0 Å². The Morgan fingerprint density at radius 3 is 2.82 bits per heavy atom. The molecule has 0 spiro atoms. The topological polar surface area (TPSA) is 40.5 Å². The Kier molecular flexibility index (Phi) is 2.74. The smallest absolute Gasteiger partial charge is 0.407 e. The molecule has 11 heavy (non-hydrogen) atoms.